The van der Waals surface area contributed by atoms with E-state index in [9.17, 15) is 14.9 Å². The van der Waals surface area contributed by atoms with Gasteiger partial charge in [-0.3, -0.25) is 14.5 Å². The molecule has 1 aliphatic heterocycles. The van der Waals surface area contributed by atoms with Gasteiger partial charge >= 0.3 is 0 Å². The molecule has 1 atom stereocenters. The fourth-order valence-corrected chi connectivity index (χ4v) is 3.78. The van der Waals surface area contributed by atoms with Gasteiger partial charge in [0.25, 0.3) is 0 Å². The van der Waals surface area contributed by atoms with Crippen LogP contribution in [0.2, 0.25) is 0 Å². The lowest BCUT2D eigenvalue weighted by Crippen LogP contribution is -2.43. The van der Waals surface area contributed by atoms with Crippen LogP contribution in [0.1, 0.15) is 17.0 Å². The molecule has 0 saturated heterocycles. The van der Waals surface area contributed by atoms with Gasteiger partial charge in [0.15, 0.2) is 5.78 Å². The minimum Gasteiger partial charge on any atom is -0.497 e. The lowest BCUT2D eigenvalue weighted by atomic mass is 9.83. The fraction of sp³-hybridized carbons (Fsp3) is 0.115. The van der Waals surface area contributed by atoms with Gasteiger partial charge in [0.1, 0.15) is 29.1 Å². The number of nitriles is 1. The monoisotopic (exact) mass is 424 g/mol. The number of ether oxygens (including phenoxy) is 2. The first kappa shape index (κ1) is 20.9. The summed E-state index contributed by atoms with van der Waals surface area (Å²) in [6.45, 7) is 0. The number of hydrogen-bond donors (Lipinski definition) is 0. The van der Waals surface area contributed by atoms with E-state index in [1.165, 1.54) is 4.90 Å². The maximum Gasteiger partial charge on any atom is 0.247 e. The van der Waals surface area contributed by atoms with E-state index in [1.807, 2.05) is 6.07 Å². The zero-order valence-corrected chi connectivity index (χ0v) is 17.6. The summed E-state index contributed by atoms with van der Waals surface area (Å²) in [6.07, 6.45) is 0. The molecule has 1 amide bonds. The Labute approximate surface area is 185 Å². The summed E-state index contributed by atoms with van der Waals surface area (Å²) in [4.78, 5) is 28.6. The highest BCUT2D eigenvalue weighted by molar-refractivity contribution is 6.30. The largest absolute Gasteiger partial charge is 0.497 e. The summed E-state index contributed by atoms with van der Waals surface area (Å²) >= 11 is 0. The van der Waals surface area contributed by atoms with Crippen LogP contribution in [-0.2, 0) is 9.59 Å². The van der Waals surface area contributed by atoms with Gasteiger partial charge in [0, 0.05) is 11.3 Å². The number of hydrogen-bond acceptors (Lipinski definition) is 5. The molecule has 6 nitrogen and oxygen atoms in total. The van der Waals surface area contributed by atoms with E-state index in [2.05, 4.69) is 6.07 Å². The second kappa shape index (κ2) is 8.78. The number of ketones is 1. The number of nitrogens with zero attached hydrogens (tertiary/aromatic N) is 2. The Balaban J connectivity index is 1.93. The first-order valence-corrected chi connectivity index (χ1v) is 9.95. The van der Waals surface area contributed by atoms with Crippen LogP contribution in [0.5, 0.6) is 11.5 Å². The second-order valence-corrected chi connectivity index (χ2v) is 7.14. The molecule has 0 radical (unpaired) electrons. The van der Waals surface area contributed by atoms with Crippen molar-refractivity contribution in [2.75, 3.05) is 19.1 Å². The highest BCUT2D eigenvalue weighted by atomic mass is 16.5. The standard InChI is InChI=1S/C26H20N2O4/c1-31-20-12-8-17(9-13-20)23-25(29)22(16-27)24(18-6-4-3-5-7-18)28(26(23)30)19-10-14-21(32-2)15-11-19/h3-15,23H,1-2H3. The van der Waals surface area contributed by atoms with Gasteiger partial charge in [-0.05, 0) is 42.0 Å². The van der Waals surface area contributed by atoms with Crippen molar-refractivity contribution < 1.29 is 19.1 Å². The first-order valence-electron chi connectivity index (χ1n) is 9.95. The van der Waals surface area contributed by atoms with Crippen molar-refractivity contribution in [3.05, 3.63) is 95.6 Å². The second-order valence-electron chi connectivity index (χ2n) is 7.14. The molecule has 0 saturated carbocycles. The van der Waals surface area contributed by atoms with Gasteiger partial charge in [-0.1, -0.05) is 42.5 Å². The molecule has 0 bridgehead atoms. The van der Waals surface area contributed by atoms with Crippen LogP contribution in [0.15, 0.2) is 84.4 Å². The molecule has 0 fully saturated rings. The Morgan fingerprint density at radius 1 is 0.812 bits per heavy atom. The molecule has 32 heavy (non-hydrogen) atoms. The summed E-state index contributed by atoms with van der Waals surface area (Å²) in [5.74, 6) is -0.844. The number of carbonyl (C=O) groups excluding carboxylic acids is 2. The molecule has 4 rings (SSSR count). The molecule has 158 valence electrons. The van der Waals surface area contributed by atoms with Crippen molar-refractivity contribution in [2.24, 2.45) is 0 Å². The molecule has 0 aromatic heterocycles. The summed E-state index contributed by atoms with van der Waals surface area (Å²) in [7, 11) is 3.10. The number of Topliss-reactive ketones (excluding diaryl/α,β-unsaturated/α-hetero) is 1. The first-order chi connectivity index (χ1) is 15.6. The Bertz CT molecular complexity index is 1220. The number of anilines is 1. The number of benzene rings is 3. The highest BCUT2D eigenvalue weighted by Gasteiger charge is 2.43. The van der Waals surface area contributed by atoms with Gasteiger partial charge in [0.2, 0.25) is 5.91 Å². The van der Waals surface area contributed by atoms with E-state index in [0.717, 1.165) is 0 Å². The molecular weight excluding hydrogens is 404 g/mol. The molecule has 0 N–H and O–H groups in total. The Morgan fingerprint density at radius 2 is 1.38 bits per heavy atom. The quantitative estimate of drug-likeness (QED) is 0.570. The minimum absolute atomic E-state index is 0.0626. The van der Waals surface area contributed by atoms with Crippen LogP contribution in [0.25, 0.3) is 5.70 Å². The molecular formula is C26H20N2O4. The van der Waals surface area contributed by atoms with Crippen molar-refractivity contribution >= 4 is 23.1 Å². The van der Waals surface area contributed by atoms with E-state index >= 15 is 0 Å². The van der Waals surface area contributed by atoms with Gasteiger partial charge in [0.05, 0.1) is 19.9 Å². The van der Waals surface area contributed by atoms with Gasteiger partial charge in [-0.2, -0.15) is 5.26 Å². The molecule has 0 aliphatic carbocycles. The molecule has 1 heterocycles. The minimum atomic E-state index is -1.13. The van der Waals surface area contributed by atoms with Crippen molar-refractivity contribution in [3.63, 3.8) is 0 Å². The summed E-state index contributed by atoms with van der Waals surface area (Å²) < 4.78 is 10.4. The molecule has 1 unspecified atom stereocenters. The molecule has 1 aliphatic rings. The zero-order valence-electron chi connectivity index (χ0n) is 17.6. The van der Waals surface area contributed by atoms with Crippen molar-refractivity contribution in [1.29, 1.82) is 5.26 Å². The van der Waals surface area contributed by atoms with Crippen LogP contribution in [0, 0.1) is 11.3 Å². The molecule has 6 heteroatoms. The van der Waals surface area contributed by atoms with Crippen LogP contribution in [-0.4, -0.2) is 25.9 Å². The normalized spacial score (nSPS) is 16.0. The maximum absolute atomic E-state index is 13.8. The molecule has 0 spiro atoms. The lowest BCUT2D eigenvalue weighted by Gasteiger charge is -2.34. The average Bonchev–Trinajstić information content (AvgIpc) is 2.85. The molecule has 3 aromatic rings. The van der Waals surface area contributed by atoms with E-state index in [1.54, 1.807) is 87.0 Å². The van der Waals surface area contributed by atoms with Crippen LogP contribution in [0.3, 0.4) is 0 Å². The number of allylic oxidation sites excluding steroid dienone is 1. The predicted molar refractivity (Wildman–Crippen MR) is 120 cm³/mol. The van der Waals surface area contributed by atoms with E-state index in [0.29, 0.717) is 28.3 Å². The van der Waals surface area contributed by atoms with Crippen molar-refractivity contribution in [3.8, 4) is 17.6 Å². The van der Waals surface area contributed by atoms with E-state index < -0.39 is 17.6 Å². The van der Waals surface area contributed by atoms with Gasteiger partial charge in [-0.25, -0.2) is 0 Å². The topological polar surface area (TPSA) is 79.6 Å². The summed E-state index contributed by atoms with van der Waals surface area (Å²) in [6, 6.07) is 24.7. The number of methoxy groups -OCH3 is 2. The number of amides is 1. The third-order valence-electron chi connectivity index (χ3n) is 5.38. The number of rotatable bonds is 5. The van der Waals surface area contributed by atoms with Crippen LogP contribution < -0.4 is 14.4 Å². The van der Waals surface area contributed by atoms with E-state index in [4.69, 9.17) is 9.47 Å². The SMILES string of the molecule is COc1ccc(C2C(=O)C(C#N)=C(c3ccccc3)N(c3ccc(OC)cc3)C2=O)cc1. The fourth-order valence-electron chi connectivity index (χ4n) is 3.78. The average molecular weight is 424 g/mol. The molecule has 3 aromatic carbocycles. The predicted octanol–water partition coefficient (Wildman–Crippen LogP) is 4.34. The zero-order chi connectivity index (χ0) is 22.7. The third kappa shape index (κ3) is 3.61. The van der Waals surface area contributed by atoms with Crippen molar-refractivity contribution in [2.45, 2.75) is 5.92 Å². The summed E-state index contributed by atoms with van der Waals surface area (Å²) in [5, 5.41) is 9.97. The summed E-state index contributed by atoms with van der Waals surface area (Å²) in [5.41, 5.74) is 1.85. The van der Waals surface area contributed by atoms with E-state index in [-0.39, 0.29) is 11.3 Å². The Morgan fingerprint density at radius 3 is 1.91 bits per heavy atom. The van der Waals surface area contributed by atoms with Crippen LogP contribution >= 0.6 is 0 Å². The smallest absolute Gasteiger partial charge is 0.247 e. The van der Waals surface area contributed by atoms with Gasteiger partial charge in [-0.15, -0.1) is 0 Å². The number of carbonyl (C=O) groups is 2. The van der Waals surface area contributed by atoms with Gasteiger partial charge < -0.3 is 9.47 Å². The van der Waals surface area contributed by atoms with Crippen molar-refractivity contribution in [1.82, 2.24) is 0 Å². The third-order valence-corrected chi connectivity index (χ3v) is 5.38. The lowest BCUT2D eigenvalue weighted by molar-refractivity contribution is -0.127. The Hall–Kier alpha value is -4.37. The Kier molecular flexibility index (Phi) is 5.73. The van der Waals surface area contributed by atoms with Crippen LogP contribution in [0.4, 0.5) is 5.69 Å². The maximum atomic E-state index is 13.8. The highest BCUT2D eigenvalue weighted by Crippen LogP contribution is 2.39.